The van der Waals surface area contributed by atoms with Crippen LogP contribution in [-0.4, -0.2) is 88.5 Å². The van der Waals surface area contributed by atoms with E-state index < -0.39 is 48.1 Å². The normalized spacial score (nSPS) is 27.2. The van der Waals surface area contributed by atoms with Crippen LogP contribution in [0.1, 0.15) is 44.6 Å². The molecule has 7 heterocycles. The van der Waals surface area contributed by atoms with E-state index in [0.717, 1.165) is 19.4 Å². The number of hydrogen-bond donors (Lipinski definition) is 1. The largest absolute Gasteiger partial charge is 0.461 e. The quantitative estimate of drug-likeness (QED) is 0.259. The zero-order valence-corrected chi connectivity index (χ0v) is 26.6. The predicted octanol–water partition coefficient (Wildman–Crippen LogP) is 6.22. The maximum Gasteiger partial charge on any atom is 0.407 e. The van der Waals surface area contributed by atoms with Crippen LogP contribution in [0.15, 0.2) is 42.6 Å². The van der Waals surface area contributed by atoms with Crippen molar-refractivity contribution >= 4 is 33.6 Å². The van der Waals surface area contributed by atoms with Gasteiger partial charge in [-0.3, -0.25) is 9.88 Å². The zero-order valence-electron chi connectivity index (χ0n) is 26.6. The lowest BCUT2D eigenvalue weighted by atomic mass is 9.91. The number of pyridine rings is 1. The van der Waals surface area contributed by atoms with E-state index in [4.69, 9.17) is 14.5 Å². The van der Waals surface area contributed by atoms with Crippen molar-refractivity contribution < 1.29 is 31.8 Å². The fraction of sp³-hybridized carbons (Fsp3) is 0.486. The predicted molar refractivity (Wildman–Crippen MR) is 172 cm³/mol. The van der Waals surface area contributed by atoms with Crippen molar-refractivity contribution in [3.05, 3.63) is 54.0 Å². The summed E-state index contributed by atoms with van der Waals surface area (Å²) in [7, 11) is 0. The van der Waals surface area contributed by atoms with Crippen molar-refractivity contribution in [3.63, 3.8) is 0 Å². The summed E-state index contributed by atoms with van der Waals surface area (Å²) >= 11 is 0. The highest BCUT2D eigenvalue weighted by molar-refractivity contribution is 6.00. The molecule has 0 spiro atoms. The van der Waals surface area contributed by atoms with E-state index >= 15 is 13.2 Å². The van der Waals surface area contributed by atoms with E-state index in [1.54, 1.807) is 36.4 Å². The van der Waals surface area contributed by atoms with Crippen LogP contribution in [0.5, 0.6) is 6.01 Å². The number of nitrogens with one attached hydrogen (secondary N) is 1. The van der Waals surface area contributed by atoms with Crippen LogP contribution < -0.4 is 15.0 Å². The number of amides is 1. The van der Waals surface area contributed by atoms with E-state index in [0.29, 0.717) is 59.9 Å². The second-order valence-corrected chi connectivity index (χ2v) is 14.0. The third-order valence-corrected chi connectivity index (χ3v) is 10.4. The molecule has 5 aliphatic rings. The summed E-state index contributed by atoms with van der Waals surface area (Å²) in [6.07, 6.45) is 2.13. The lowest BCUT2D eigenvalue weighted by Gasteiger charge is -2.41. The molecule has 0 saturated carbocycles. The summed E-state index contributed by atoms with van der Waals surface area (Å²) in [5.74, 6) is -3.76. The number of nitrogens with zero attached hydrogens (tertiary/aromatic N) is 5. The Bertz CT molecular complexity index is 1920. The number of ether oxygens (including phenoxy) is 2. The van der Waals surface area contributed by atoms with E-state index in [2.05, 4.69) is 20.2 Å². The number of alkyl carbamates (subject to hydrolysis) is 1. The maximum absolute atomic E-state index is 16.9. The Morgan fingerprint density at radius 2 is 1.92 bits per heavy atom. The first-order valence-corrected chi connectivity index (χ1v) is 16.5. The molecule has 1 N–H and O–H groups in total. The number of carbonyl (C=O) groups is 1. The van der Waals surface area contributed by atoms with Gasteiger partial charge in [-0.05, 0) is 55.5 Å². The number of aromatic nitrogens is 3. The summed E-state index contributed by atoms with van der Waals surface area (Å²) in [4.78, 5) is 30.8. The van der Waals surface area contributed by atoms with E-state index in [1.165, 1.54) is 6.20 Å². The Morgan fingerprint density at radius 1 is 1.10 bits per heavy atom. The molecular weight excluding hydrogens is 628 g/mol. The first-order chi connectivity index (χ1) is 23.0. The fourth-order valence-electron chi connectivity index (χ4n) is 8.23. The number of fused-ring (bicyclic) bond motifs is 7. The highest BCUT2D eigenvalue weighted by Crippen LogP contribution is 2.42. The van der Waals surface area contributed by atoms with Gasteiger partial charge in [0.2, 0.25) is 0 Å². The molecule has 3 saturated heterocycles. The topological polar surface area (TPSA) is 92.7 Å². The third-order valence-electron chi connectivity index (χ3n) is 10.4. The van der Waals surface area contributed by atoms with Gasteiger partial charge in [-0.1, -0.05) is 36.4 Å². The standard InChI is InChI=1S/C35H36F4N6O3/c1-33-10-4-12-44(18-33)30-25-16-40-28(27(37)29(25)41-31(42-30)47-19-34-11-5-13-45(34)17-23(36)15-34)24-9-3-7-21-6-2-8-22(26(21)24)14-35(38,39)20-48-32(46)43-33/h2-3,6-9,16,23H,4-5,10-15,17-20H2,1H3,(H,43,46)/t23-,33-,34+/m1/s1. The maximum atomic E-state index is 16.9. The number of rotatable bonds is 3. The number of benzene rings is 2. The van der Waals surface area contributed by atoms with E-state index in [9.17, 15) is 9.18 Å². The average Bonchev–Trinajstić information content (AvgIpc) is 3.58. The molecular formula is C35H36F4N6O3. The van der Waals surface area contributed by atoms with Crippen molar-refractivity contribution in [2.75, 3.05) is 44.3 Å². The van der Waals surface area contributed by atoms with Crippen LogP contribution in [0.2, 0.25) is 0 Å². The molecule has 3 fully saturated rings. The summed E-state index contributed by atoms with van der Waals surface area (Å²) in [6, 6.07) is 10.1. The van der Waals surface area contributed by atoms with E-state index in [-0.39, 0.29) is 35.9 Å². The molecule has 3 atom stereocenters. The number of carbonyl (C=O) groups excluding carboxylic acids is 1. The first kappa shape index (κ1) is 31.0. The molecule has 2 aromatic heterocycles. The molecule has 4 aromatic rings. The lowest BCUT2D eigenvalue weighted by molar-refractivity contribution is -0.0547. The fourth-order valence-corrected chi connectivity index (χ4v) is 8.23. The van der Waals surface area contributed by atoms with Gasteiger partial charge in [-0.25, -0.2) is 22.4 Å². The van der Waals surface area contributed by atoms with Crippen molar-refractivity contribution in [1.82, 2.24) is 25.2 Å². The minimum absolute atomic E-state index is 0.0284. The van der Waals surface area contributed by atoms with Crippen molar-refractivity contribution in [3.8, 4) is 17.3 Å². The Hall–Kier alpha value is -4.26. The summed E-state index contributed by atoms with van der Waals surface area (Å²) < 4.78 is 73.5. The van der Waals surface area contributed by atoms with Gasteiger partial charge in [0.25, 0.3) is 5.92 Å². The van der Waals surface area contributed by atoms with Gasteiger partial charge in [-0.2, -0.15) is 9.97 Å². The van der Waals surface area contributed by atoms with Gasteiger partial charge in [0.05, 0.1) is 16.5 Å². The third kappa shape index (κ3) is 5.45. The molecule has 1 amide bonds. The van der Waals surface area contributed by atoms with E-state index in [1.807, 2.05) is 11.8 Å². The molecule has 0 radical (unpaired) electrons. The Balaban J connectivity index is 1.30. The molecule has 0 unspecified atom stereocenters. The van der Waals surface area contributed by atoms with Gasteiger partial charge in [0.15, 0.2) is 12.4 Å². The Labute approximate surface area is 274 Å². The lowest BCUT2D eigenvalue weighted by Crippen LogP contribution is -2.57. The number of piperidine rings is 1. The molecule has 0 aliphatic carbocycles. The van der Waals surface area contributed by atoms with Crippen LogP contribution in [0.25, 0.3) is 32.9 Å². The van der Waals surface area contributed by atoms with Crippen LogP contribution in [0.3, 0.4) is 0 Å². The van der Waals surface area contributed by atoms with Crippen molar-refractivity contribution in [2.45, 2.75) is 68.6 Å². The molecule has 13 heteroatoms. The molecule has 6 bridgehead atoms. The molecule has 48 heavy (non-hydrogen) atoms. The number of alkyl halides is 3. The number of halogens is 4. The molecule has 5 aliphatic heterocycles. The van der Waals surface area contributed by atoms with Gasteiger partial charge in [-0.15, -0.1) is 0 Å². The monoisotopic (exact) mass is 664 g/mol. The smallest absolute Gasteiger partial charge is 0.407 e. The minimum Gasteiger partial charge on any atom is -0.461 e. The van der Waals surface area contributed by atoms with Gasteiger partial charge >= 0.3 is 12.1 Å². The van der Waals surface area contributed by atoms with Crippen LogP contribution in [0.4, 0.5) is 28.2 Å². The zero-order chi connectivity index (χ0) is 33.3. The highest BCUT2D eigenvalue weighted by atomic mass is 19.3. The number of anilines is 1. The average molecular weight is 665 g/mol. The van der Waals surface area contributed by atoms with Gasteiger partial charge in [0.1, 0.15) is 29.8 Å². The highest BCUT2D eigenvalue weighted by Gasteiger charge is 2.49. The summed E-state index contributed by atoms with van der Waals surface area (Å²) in [6.45, 7) is 2.75. The summed E-state index contributed by atoms with van der Waals surface area (Å²) in [5, 5.41) is 4.18. The van der Waals surface area contributed by atoms with Gasteiger partial charge in [0, 0.05) is 44.2 Å². The van der Waals surface area contributed by atoms with Crippen LogP contribution in [-0.2, 0) is 11.2 Å². The molecule has 2 aromatic carbocycles. The molecule has 252 valence electrons. The minimum atomic E-state index is -3.40. The van der Waals surface area contributed by atoms with Crippen molar-refractivity contribution in [2.24, 2.45) is 0 Å². The van der Waals surface area contributed by atoms with Gasteiger partial charge < -0.3 is 19.7 Å². The second-order valence-electron chi connectivity index (χ2n) is 14.0. The SMILES string of the molecule is C[C@@]12CCCN(C1)c1nc(OC[C@@]34CCCN3C[C@H](F)C4)nc3c(F)c(ncc13)-c1cccc3cccc(c13)CC(F)(F)COC(=O)N2. The van der Waals surface area contributed by atoms with Crippen LogP contribution >= 0.6 is 0 Å². The first-order valence-electron chi connectivity index (χ1n) is 16.5. The molecule has 9 nitrogen and oxygen atoms in total. The number of hydrogen-bond acceptors (Lipinski definition) is 8. The Kier molecular flexibility index (Phi) is 7.39. The molecule has 9 rings (SSSR count). The summed E-state index contributed by atoms with van der Waals surface area (Å²) in [5.41, 5.74) is -0.825. The van der Waals surface area contributed by atoms with Crippen LogP contribution in [0, 0.1) is 5.82 Å². The Morgan fingerprint density at radius 3 is 2.77 bits per heavy atom. The van der Waals surface area contributed by atoms with Crippen molar-refractivity contribution in [1.29, 1.82) is 0 Å². The second kappa shape index (κ2) is 11.4.